The van der Waals surface area contributed by atoms with Gasteiger partial charge in [-0.3, -0.25) is 20.4 Å². The topological polar surface area (TPSA) is 100 Å². The molecule has 0 aliphatic rings. The lowest BCUT2D eigenvalue weighted by Gasteiger charge is -2.07. The van der Waals surface area contributed by atoms with Crippen molar-refractivity contribution in [2.75, 3.05) is 7.11 Å². The van der Waals surface area contributed by atoms with Crippen LogP contribution in [0, 0.1) is 0 Å². The van der Waals surface area contributed by atoms with E-state index in [9.17, 15) is 14.4 Å². The van der Waals surface area contributed by atoms with Crippen molar-refractivity contribution in [3.05, 3.63) is 59.4 Å². The first-order valence-corrected chi connectivity index (χ1v) is 6.04. The fourth-order valence-corrected chi connectivity index (χ4v) is 1.63. The van der Waals surface area contributed by atoms with E-state index in [0.29, 0.717) is 5.69 Å². The molecule has 0 saturated heterocycles. The van der Waals surface area contributed by atoms with Crippen molar-refractivity contribution in [1.82, 2.24) is 15.8 Å². The summed E-state index contributed by atoms with van der Waals surface area (Å²) in [6.07, 6.45) is 1.59. The monoisotopic (exact) mass is 287 g/mol. The highest BCUT2D eigenvalue weighted by atomic mass is 16.5. The van der Waals surface area contributed by atoms with Crippen LogP contribution in [0.3, 0.4) is 0 Å². The second-order valence-corrected chi connectivity index (χ2v) is 4.06. The Bertz CT molecular complexity index is 665. The van der Waals surface area contributed by atoms with Gasteiger partial charge in [-0.05, 0) is 30.3 Å². The largest absolute Gasteiger partial charge is 0.465 e. The predicted molar refractivity (Wildman–Crippen MR) is 73.5 cm³/mol. The number of rotatable bonds is 3. The Kier molecular flexibility index (Phi) is 4.35. The molecule has 3 N–H and O–H groups in total. The van der Waals surface area contributed by atoms with E-state index in [-0.39, 0.29) is 11.1 Å². The molecule has 0 radical (unpaired) electrons. The Hall–Kier alpha value is -3.09. The van der Waals surface area contributed by atoms with Crippen molar-refractivity contribution in [3.63, 3.8) is 0 Å². The second kappa shape index (κ2) is 6.38. The standard InChI is InChI=1S/C14H13N3O4/c1-21-14(20)10-5-2-4-9(8-10)12(18)16-17-13(19)11-6-3-7-15-11/h2-8,15H,1H3,(H,16,18)(H,17,19). The van der Waals surface area contributed by atoms with Crippen LogP contribution in [-0.4, -0.2) is 29.9 Å². The summed E-state index contributed by atoms with van der Waals surface area (Å²) < 4.78 is 4.57. The van der Waals surface area contributed by atoms with Crippen molar-refractivity contribution >= 4 is 17.8 Å². The zero-order valence-electron chi connectivity index (χ0n) is 11.2. The number of H-pyrrole nitrogens is 1. The third-order valence-corrected chi connectivity index (χ3v) is 2.68. The van der Waals surface area contributed by atoms with Gasteiger partial charge >= 0.3 is 5.97 Å². The Labute approximate surface area is 120 Å². The molecule has 21 heavy (non-hydrogen) atoms. The summed E-state index contributed by atoms with van der Waals surface area (Å²) in [4.78, 5) is 37.6. The molecular formula is C14H13N3O4. The van der Waals surface area contributed by atoms with E-state index in [1.54, 1.807) is 24.4 Å². The molecule has 0 fully saturated rings. The molecule has 108 valence electrons. The Morgan fingerprint density at radius 3 is 2.38 bits per heavy atom. The zero-order valence-corrected chi connectivity index (χ0v) is 11.2. The summed E-state index contributed by atoms with van der Waals surface area (Å²) >= 11 is 0. The number of esters is 1. The number of benzene rings is 1. The molecule has 7 nitrogen and oxygen atoms in total. The molecule has 0 bridgehead atoms. The number of hydrogen-bond acceptors (Lipinski definition) is 4. The third kappa shape index (κ3) is 3.47. The van der Waals surface area contributed by atoms with E-state index < -0.39 is 17.8 Å². The normalized spacial score (nSPS) is 9.76. The van der Waals surface area contributed by atoms with Crippen molar-refractivity contribution in [1.29, 1.82) is 0 Å². The van der Waals surface area contributed by atoms with Gasteiger partial charge in [0.2, 0.25) is 0 Å². The van der Waals surface area contributed by atoms with Crippen LogP contribution in [0.2, 0.25) is 0 Å². The number of nitrogens with one attached hydrogen (secondary N) is 3. The Morgan fingerprint density at radius 1 is 1.00 bits per heavy atom. The number of aromatic nitrogens is 1. The lowest BCUT2D eigenvalue weighted by Crippen LogP contribution is -2.41. The number of ether oxygens (including phenoxy) is 1. The zero-order chi connectivity index (χ0) is 15.2. The van der Waals surface area contributed by atoms with E-state index in [2.05, 4.69) is 20.6 Å². The summed E-state index contributed by atoms with van der Waals surface area (Å²) in [7, 11) is 1.26. The van der Waals surface area contributed by atoms with Crippen LogP contribution in [0.15, 0.2) is 42.6 Å². The number of carbonyl (C=O) groups excluding carboxylic acids is 3. The fraction of sp³-hybridized carbons (Fsp3) is 0.0714. The molecular weight excluding hydrogens is 274 g/mol. The number of methoxy groups -OCH3 is 1. The van der Waals surface area contributed by atoms with Gasteiger partial charge in [-0.15, -0.1) is 0 Å². The SMILES string of the molecule is COC(=O)c1cccc(C(=O)NNC(=O)c2ccc[nH]2)c1. The van der Waals surface area contributed by atoms with Crippen LogP contribution >= 0.6 is 0 Å². The minimum atomic E-state index is -0.542. The molecule has 1 aromatic carbocycles. The molecule has 0 unspecified atom stereocenters. The van der Waals surface area contributed by atoms with Crippen LogP contribution in [0.1, 0.15) is 31.2 Å². The van der Waals surface area contributed by atoms with E-state index in [0.717, 1.165) is 0 Å². The Balaban J connectivity index is 2.00. The van der Waals surface area contributed by atoms with Gasteiger partial charge in [0.15, 0.2) is 0 Å². The molecule has 0 aliphatic carbocycles. The molecule has 2 rings (SSSR count). The maximum Gasteiger partial charge on any atom is 0.337 e. The third-order valence-electron chi connectivity index (χ3n) is 2.68. The summed E-state index contributed by atoms with van der Waals surface area (Å²) in [5, 5.41) is 0. The van der Waals surface area contributed by atoms with Gasteiger partial charge < -0.3 is 9.72 Å². The quantitative estimate of drug-likeness (QED) is 0.576. The highest BCUT2D eigenvalue weighted by Crippen LogP contribution is 2.06. The molecule has 2 amide bonds. The van der Waals surface area contributed by atoms with Crippen LogP contribution in [0.5, 0.6) is 0 Å². The number of hydrazine groups is 1. The van der Waals surface area contributed by atoms with Crippen LogP contribution < -0.4 is 10.9 Å². The lowest BCUT2D eigenvalue weighted by molar-refractivity contribution is 0.0600. The van der Waals surface area contributed by atoms with Gasteiger partial charge in [0.05, 0.1) is 12.7 Å². The summed E-state index contributed by atoms with van der Waals surface area (Å²) in [6.45, 7) is 0. The van der Waals surface area contributed by atoms with Crippen LogP contribution in [0.4, 0.5) is 0 Å². The van der Waals surface area contributed by atoms with Gasteiger partial charge in [-0.1, -0.05) is 6.07 Å². The van der Waals surface area contributed by atoms with Crippen molar-refractivity contribution in [2.45, 2.75) is 0 Å². The minimum absolute atomic E-state index is 0.227. The molecule has 1 aromatic heterocycles. The highest BCUT2D eigenvalue weighted by Gasteiger charge is 2.12. The van der Waals surface area contributed by atoms with Crippen molar-refractivity contribution < 1.29 is 19.1 Å². The van der Waals surface area contributed by atoms with Gasteiger partial charge in [-0.25, -0.2) is 4.79 Å². The van der Waals surface area contributed by atoms with Gasteiger partial charge in [-0.2, -0.15) is 0 Å². The van der Waals surface area contributed by atoms with Crippen molar-refractivity contribution in [2.24, 2.45) is 0 Å². The maximum atomic E-state index is 11.9. The number of carbonyl (C=O) groups is 3. The van der Waals surface area contributed by atoms with E-state index in [1.165, 1.54) is 25.3 Å². The minimum Gasteiger partial charge on any atom is -0.465 e. The summed E-state index contributed by atoms with van der Waals surface area (Å²) in [5.74, 6) is -1.56. The number of aromatic amines is 1. The van der Waals surface area contributed by atoms with E-state index in [1.807, 2.05) is 0 Å². The molecule has 0 atom stereocenters. The molecule has 0 saturated carbocycles. The van der Waals surface area contributed by atoms with Gasteiger partial charge in [0.25, 0.3) is 11.8 Å². The predicted octanol–water partition coefficient (Wildman–Crippen LogP) is 0.876. The van der Waals surface area contributed by atoms with Crippen LogP contribution in [-0.2, 0) is 4.74 Å². The summed E-state index contributed by atoms with van der Waals surface area (Å²) in [5.41, 5.74) is 5.32. The molecule has 0 spiro atoms. The number of hydrogen-bond donors (Lipinski definition) is 3. The average molecular weight is 287 g/mol. The first-order chi connectivity index (χ1) is 10.1. The average Bonchev–Trinajstić information content (AvgIpc) is 3.06. The second-order valence-electron chi connectivity index (χ2n) is 4.06. The smallest absolute Gasteiger partial charge is 0.337 e. The fourth-order valence-electron chi connectivity index (χ4n) is 1.63. The molecule has 7 heteroatoms. The number of amides is 2. The van der Waals surface area contributed by atoms with E-state index >= 15 is 0 Å². The molecule has 0 aliphatic heterocycles. The van der Waals surface area contributed by atoms with Gasteiger partial charge in [0.1, 0.15) is 5.69 Å². The highest BCUT2D eigenvalue weighted by molar-refractivity contribution is 6.00. The Morgan fingerprint density at radius 2 is 1.71 bits per heavy atom. The van der Waals surface area contributed by atoms with E-state index in [4.69, 9.17) is 0 Å². The molecule has 1 heterocycles. The lowest BCUT2D eigenvalue weighted by atomic mass is 10.1. The first kappa shape index (κ1) is 14.3. The molecule has 2 aromatic rings. The first-order valence-electron chi connectivity index (χ1n) is 6.04. The van der Waals surface area contributed by atoms with Crippen LogP contribution in [0.25, 0.3) is 0 Å². The maximum absolute atomic E-state index is 11.9. The van der Waals surface area contributed by atoms with Gasteiger partial charge in [0, 0.05) is 11.8 Å². The summed E-state index contributed by atoms with van der Waals surface area (Å²) in [6, 6.07) is 9.20. The van der Waals surface area contributed by atoms with Crippen molar-refractivity contribution in [3.8, 4) is 0 Å².